The van der Waals surface area contributed by atoms with Crippen molar-refractivity contribution in [1.29, 1.82) is 0 Å². The summed E-state index contributed by atoms with van der Waals surface area (Å²) in [6.45, 7) is -0.0383. The lowest BCUT2D eigenvalue weighted by atomic mass is 10.3. The molecule has 0 aliphatic rings. The number of aromatic nitrogens is 1. The van der Waals surface area contributed by atoms with Crippen molar-refractivity contribution in [1.82, 2.24) is 4.98 Å². The number of ether oxygens (including phenoxy) is 1. The maximum Gasteiger partial charge on any atom is 0.291 e. The predicted molar refractivity (Wildman–Crippen MR) is 93.3 cm³/mol. The minimum atomic E-state index is -0.544. The molecule has 9 heteroatoms. The summed E-state index contributed by atoms with van der Waals surface area (Å²) in [5.41, 5.74) is 0.448. The summed E-state index contributed by atoms with van der Waals surface area (Å²) in [7, 11) is 0. The number of nitro benzene ring substituents is 1. The number of furan rings is 1. The van der Waals surface area contributed by atoms with E-state index in [-0.39, 0.29) is 28.8 Å². The van der Waals surface area contributed by atoms with Gasteiger partial charge in [-0.25, -0.2) is 0 Å². The molecule has 0 spiro atoms. The molecule has 3 rings (SSSR count). The Hall–Kier alpha value is -3.39. The summed E-state index contributed by atoms with van der Waals surface area (Å²) in [6.07, 6.45) is 3.11. The number of pyridine rings is 1. The number of nitrogens with zero attached hydrogens (tertiary/aromatic N) is 2. The molecule has 26 heavy (non-hydrogen) atoms. The Bertz CT molecular complexity index is 943. The molecule has 0 unspecified atom stereocenters. The molecule has 0 bridgehead atoms. The first-order valence-corrected chi connectivity index (χ1v) is 7.77. The first-order valence-electron chi connectivity index (χ1n) is 7.40. The Kier molecular flexibility index (Phi) is 5.14. The molecule has 1 amide bonds. The second kappa shape index (κ2) is 7.66. The van der Waals surface area contributed by atoms with Crippen molar-refractivity contribution >= 4 is 28.9 Å². The monoisotopic (exact) mass is 373 g/mol. The number of hydrogen-bond acceptors (Lipinski definition) is 6. The first kappa shape index (κ1) is 17.4. The molecule has 0 aliphatic carbocycles. The van der Waals surface area contributed by atoms with Crippen molar-refractivity contribution in [3.05, 3.63) is 81.5 Å². The fourth-order valence-corrected chi connectivity index (χ4v) is 2.24. The van der Waals surface area contributed by atoms with Crippen LogP contribution in [0.15, 0.2) is 59.3 Å². The van der Waals surface area contributed by atoms with Crippen LogP contribution in [0, 0.1) is 10.1 Å². The largest absolute Gasteiger partial charge is 0.484 e. The van der Waals surface area contributed by atoms with Crippen molar-refractivity contribution in [2.75, 3.05) is 5.32 Å². The van der Waals surface area contributed by atoms with Gasteiger partial charge in [0, 0.05) is 24.1 Å². The van der Waals surface area contributed by atoms with E-state index in [9.17, 15) is 14.9 Å². The summed E-state index contributed by atoms with van der Waals surface area (Å²) >= 11 is 5.97. The summed E-state index contributed by atoms with van der Waals surface area (Å²) in [4.78, 5) is 26.2. The zero-order valence-corrected chi connectivity index (χ0v) is 14.0. The molecule has 132 valence electrons. The number of benzene rings is 1. The molecule has 1 aromatic carbocycles. The van der Waals surface area contributed by atoms with Gasteiger partial charge in [-0.3, -0.25) is 19.9 Å². The van der Waals surface area contributed by atoms with E-state index >= 15 is 0 Å². The van der Waals surface area contributed by atoms with E-state index in [0.717, 1.165) is 0 Å². The van der Waals surface area contributed by atoms with Crippen LogP contribution < -0.4 is 10.1 Å². The fraction of sp³-hybridized carbons (Fsp3) is 0.0588. The molecule has 0 radical (unpaired) electrons. The lowest BCUT2D eigenvalue weighted by molar-refractivity contribution is -0.384. The normalized spacial score (nSPS) is 10.3. The van der Waals surface area contributed by atoms with Gasteiger partial charge in [0.05, 0.1) is 16.0 Å². The quantitative estimate of drug-likeness (QED) is 0.515. The van der Waals surface area contributed by atoms with Gasteiger partial charge < -0.3 is 14.5 Å². The average molecular weight is 374 g/mol. The van der Waals surface area contributed by atoms with Crippen molar-refractivity contribution in [3.63, 3.8) is 0 Å². The van der Waals surface area contributed by atoms with Crippen LogP contribution in [0.3, 0.4) is 0 Å². The van der Waals surface area contributed by atoms with E-state index in [2.05, 4.69) is 10.3 Å². The number of amides is 1. The van der Waals surface area contributed by atoms with Gasteiger partial charge in [-0.05, 0) is 30.3 Å². The topological polar surface area (TPSA) is 108 Å². The van der Waals surface area contributed by atoms with Gasteiger partial charge in [0.2, 0.25) is 0 Å². The maximum atomic E-state index is 12.1. The lowest BCUT2D eigenvalue weighted by Gasteiger charge is -2.06. The van der Waals surface area contributed by atoms with E-state index in [0.29, 0.717) is 11.4 Å². The summed E-state index contributed by atoms with van der Waals surface area (Å²) in [5.74, 6) is 0.203. The average Bonchev–Trinajstić information content (AvgIpc) is 3.11. The van der Waals surface area contributed by atoms with Crippen molar-refractivity contribution < 1.29 is 18.9 Å². The van der Waals surface area contributed by atoms with E-state index in [1.165, 1.54) is 24.3 Å². The Labute approximate surface area is 152 Å². The van der Waals surface area contributed by atoms with Crippen molar-refractivity contribution in [2.45, 2.75) is 6.61 Å². The van der Waals surface area contributed by atoms with Gasteiger partial charge in [0.1, 0.15) is 18.1 Å². The van der Waals surface area contributed by atoms with Gasteiger partial charge in [0.25, 0.3) is 11.6 Å². The van der Waals surface area contributed by atoms with Gasteiger partial charge >= 0.3 is 0 Å². The Morgan fingerprint density at radius 1 is 1.23 bits per heavy atom. The highest BCUT2D eigenvalue weighted by molar-refractivity contribution is 6.32. The molecule has 2 heterocycles. The second-order valence-corrected chi connectivity index (χ2v) is 5.52. The number of nitro groups is 1. The highest BCUT2D eigenvalue weighted by atomic mass is 35.5. The smallest absolute Gasteiger partial charge is 0.291 e. The number of rotatable bonds is 6. The molecule has 0 atom stereocenters. The third-order valence-corrected chi connectivity index (χ3v) is 3.63. The second-order valence-electron chi connectivity index (χ2n) is 5.12. The van der Waals surface area contributed by atoms with E-state index < -0.39 is 10.8 Å². The number of nitrogens with one attached hydrogen (secondary N) is 1. The van der Waals surface area contributed by atoms with E-state index in [1.54, 1.807) is 30.6 Å². The minimum absolute atomic E-state index is 0.0383. The number of halogens is 1. The Balaban J connectivity index is 1.65. The fourth-order valence-electron chi connectivity index (χ4n) is 2.07. The number of non-ortho nitro benzene ring substituents is 1. The molecule has 3 aromatic rings. The highest BCUT2D eigenvalue weighted by Gasteiger charge is 2.14. The zero-order chi connectivity index (χ0) is 18.5. The van der Waals surface area contributed by atoms with E-state index in [1.807, 2.05) is 0 Å². The van der Waals surface area contributed by atoms with Crippen molar-refractivity contribution in [3.8, 4) is 5.75 Å². The molecule has 0 saturated carbocycles. The van der Waals surface area contributed by atoms with Crippen LogP contribution in [0.5, 0.6) is 5.75 Å². The third kappa shape index (κ3) is 4.17. The SMILES string of the molecule is O=C(Nc1ccncc1)c1ccc(COc2cc([N+](=O)[O-])ccc2Cl)o1. The molecule has 2 aromatic heterocycles. The van der Waals surface area contributed by atoms with Crippen LogP contribution in [-0.2, 0) is 6.61 Å². The summed E-state index contributed by atoms with van der Waals surface area (Å²) < 4.78 is 10.9. The molecule has 8 nitrogen and oxygen atoms in total. The van der Waals surface area contributed by atoms with Crippen LogP contribution in [0.1, 0.15) is 16.3 Å². The summed E-state index contributed by atoms with van der Waals surface area (Å²) in [6, 6.07) is 10.3. The first-order chi connectivity index (χ1) is 12.5. The van der Waals surface area contributed by atoms with Gasteiger partial charge in [-0.15, -0.1) is 0 Å². The zero-order valence-electron chi connectivity index (χ0n) is 13.2. The maximum absolute atomic E-state index is 12.1. The van der Waals surface area contributed by atoms with E-state index in [4.69, 9.17) is 20.8 Å². The van der Waals surface area contributed by atoms with Crippen LogP contribution >= 0.6 is 11.6 Å². The minimum Gasteiger partial charge on any atom is -0.484 e. The molecule has 0 aliphatic heterocycles. The van der Waals surface area contributed by atoms with Crippen molar-refractivity contribution in [2.24, 2.45) is 0 Å². The molecule has 0 fully saturated rings. The molecule has 0 saturated heterocycles. The van der Waals surface area contributed by atoms with Gasteiger partial charge in [-0.2, -0.15) is 0 Å². The lowest BCUT2D eigenvalue weighted by Crippen LogP contribution is -2.10. The van der Waals surface area contributed by atoms with Crippen LogP contribution in [-0.4, -0.2) is 15.8 Å². The summed E-state index contributed by atoms with van der Waals surface area (Å²) in [5, 5.41) is 13.7. The standard InChI is InChI=1S/C17H12ClN3O5/c18-14-3-1-12(21(23)24)9-16(14)25-10-13-2-4-15(26-13)17(22)20-11-5-7-19-8-6-11/h1-9H,10H2,(H,19,20,22). The van der Waals surface area contributed by atoms with Crippen LogP contribution in [0.4, 0.5) is 11.4 Å². The van der Waals surface area contributed by atoms with Crippen LogP contribution in [0.25, 0.3) is 0 Å². The number of anilines is 1. The highest BCUT2D eigenvalue weighted by Crippen LogP contribution is 2.29. The number of carbonyl (C=O) groups is 1. The van der Waals surface area contributed by atoms with Crippen LogP contribution in [0.2, 0.25) is 5.02 Å². The van der Waals surface area contributed by atoms with Gasteiger partial charge in [-0.1, -0.05) is 11.6 Å². The molecule has 1 N–H and O–H groups in total. The Morgan fingerprint density at radius 3 is 2.73 bits per heavy atom. The Morgan fingerprint density at radius 2 is 2.00 bits per heavy atom. The number of carbonyl (C=O) groups excluding carboxylic acids is 1. The predicted octanol–water partition coefficient (Wildman–Crippen LogP) is 4.07. The van der Waals surface area contributed by atoms with Gasteiger partial charge in [0.15, 0.2) is 5.76 Å². The number of hydrogen-bond donors (Lipinski definition) is 1. The molecular formula is C17H12ClN3O5. The third-order valence-electron chi connectivity index (χ3n) is 3.32. The molecular weight excluding hydrogens is 362 g/mol.